The van der Waals surface area contributed by atoms with Crippen molar-refractivity contribution >= 4 is 5.91 Å². The molecule has 3 aromatic rings. The van der Waals surface area contributed by atoms with Gasteiger partial charge >= 0.3 is 0 Å². The van der Waals surface area contributed by atoms with Crippen LogP contribution in [0.5, 0.6) is 5.75 Å². The summed E-state index contributed by atoms with van der Waals surface area (Å²) in [7, 11) is 0. The Labute approximate surface area is 146 Å². The van der Waals surface area contributed by atoms with Gasteiger partial charge in [-0.05, 0) is 30.7 Å². The van der Waals surface area contributed by atoms with Crippen molar-refractivity contribution in [1.82, 2.24) is 14.9 Å². The van der Waals surface area contributed by atoms with Crippen LogP contribution in [0.1, 0.15) is 30.0 Å². The maximum atomic E-state index is 12.7. The largest absolute Gasteiger partial charge is 0.492 e. The fourth-order valence-electron chi connectivity index (χ4n) is 3.14. The van der Waals surface area contributed by atoms with Crippen molar-refractivity contribution in [2.45, 2.75) is 18.9 Å². The van der Waals surface area contributed by atoms with Crippen molar-refractivity contribution in [1.29, 1.82) is 0 Å². The van der Waals surface area contributed by atoms with Crippen molar-refractivity contribution in [2.24, 2.45) is 0 Å². The van der Waals surface area contributed by atoms with Crippen LogP contribution >= 0.6 is 0 Å². The summed E-state index contributed by atoms with van der Waals surface area (Å²) in [4.78, 5) is 16.8. The number of rotatable bonds is 4. The number of hydrogen-bond acceptors (Lipinski definition) is 3. The highest BCUT2D eigenvalue weighted by atomic mass is 16.5. The molecule has 0 saturated heterocycles. The number of ether oxygens (including phenoxy) is 1. The molecule has 5 nitrogen and oxygen atoms in total. The smallest absolute Gasteiger partial charge is 0.231 e. The summed E-state index contributed by atoms with van der Waals surface area (Å²) in [6.07, 6.45) is 5.40. The third-order valence-electron chi connectivity index (χ3n) is 4.55. The van der Waals surface area contributed by atoms with E-state index in [0.29, 0.717) is 6.61 Å². The van der Waals surface area contributed by atoms with E-state index in [1.165, 1.54) is 0 Å². The molecule has 0 spiro atoms. The second-order valence-electron chi connectivity index (χ2n) is 6.20. The number of imidazole rings is 1. The summed E-state index contributed by atoms with van der Waals surface area (Å²) < 4.78 is 7.56. The van der Waals surface area contributed by atoms with Crippen molar-refractivity contribution in [3.8, 4) is 11.4 Å². The molecule has 1 N–H and O–H groups in total. The molecule has 1 aliphatic rings. The molecule has 2 atom stereocenters. The highest BCUT2D eigenvalue weighted by molar-refractivity contribution is 5.85. The molecule has 2 heterocycles. The van der Waals surface area contributed by atoms with E-state index in [1.807, 2.05) is 60.2 Å². The van der Waals surface area contributed by atoms with Crippen LogP contribution in [-0.2, 0) is 4.79 Å². The molecule has 126 valence electrons. The first-order valence-corrected chi connectivity index (χ1v) is 8.33. The van der Waals surface area contributed by atoms with E-state index < -0.39 is 0 Å². The van der Waals surface area contributed by atoms with Gasteiger partial charge in [-0.2, -0.15) is 0 Å². The second kappa shape index (κ2) is 6.43. The first-order valence-electron chi connectivity index (χ1n) is 8.33. The van der Waals surface area contributed by atoms with E-state index in [4.69, 9.17) is 4.74 Å². The van der Waals surface area contributed by atoms with Crippen LogP contribution in [0.3, 0.4) is 0 Å². The van der Waals surface area contributed by atoms with Gasteiger partial charge in [0.15, 0.2) is 0 Å². The first-order chi connectivity index (χ1) is 12.2. The summed E-state index contributed by atoms with van der Waals surface area (Å²) in [5, 5.41) is 3.11. The van der Waals surface area contributed by atoms with Crippen LogP contribution < -0.4 is 10.1 Å². The third-order valence-corrected chi connectivity index (χ3v) is 4.55. The number of carbonyl (C=O) groups is 1. The minimum atomic E-state index is -0.254. The van der Waals surface area contributed by atoms with E-state index >= 15 is 0 Å². The molecule has 0 bridgehead atoms. The number of nitrogens with one attached hydrogen (secondary N) is 1. The summed E-state index contributed by atoms with van der Waals surface area (Å²) in [5.41, 5.74) is 3.02. The fourth-order valence-corrected chi connectivity index (χ4v) is 3.14. The van der Waals surface area contributed by atoms with Crippen LogP contribution in [0.2, 0.25) is 0 Å². The van der Waals surface area contributed by atoms with Crippen LogP contribution in [0.25, 0.3) is 5.69 Å². The Kier molecular flexibility index (Phi) is 3.98. The second-order valence-corrected chi connectivity index (χ2v) is 6.20. The standard InChI is InChI=1S/C20H19N3O2/c1-14(15-5-4-6-16(11-15)23-10-9-21-13-23)22-20(24)18-12-25-19-8-3-2-7-17(18)19/h2-11,13-14,18H,12H2,1H3,(H,22,24)/t14-,18+/m1/s1. The van der Waals surface area contributed by atoms with E-state index in [0.717, 1.165) is 22.6 Å². The number of carbonyl (C=O) groups excluding carboxylic acids is 1. The predicted octanol–water partition coefficient (Wildman–Crippen LogP) is 3.23. The Morgan fingerprint density at radius 2 is 2.16 bits per heavy atom. The third kappa shape index (κ3) is 3.01. The summed E-state index contributed by atoms with van der Waals surface area (Å²) in [6.45, 7) is 2.39. The number of benzene rings is 2. The predicted molar refractivity (Wildman–Crippen MR) is 94.8 cm³/mol. The Hall–Kier alpha value is -3.08. The number of nitrogens with zero attached hydrogens (tertiary/aromatic N) is 2. The van der Waals surface area contributed by atoms with Crippen LogP contribution in [-0.4, -0.2) is 22.1 Å². The minimum absolute atomic E-state index is 0.00881. The van der Waals surface area contributed by atoms with Gasteiger partial charge in [-0.1, -0.05) is 30.3 Å². The zero-order chi connectivity index (χ0) is 17.2. The molecule has 4 rings (SSSR count). The van der Waals surface area contributed by atoms with Gasteiger partial charge in [-0.3, -0.25) is 4.79 Å². The van der Waals surface area contributed by atoms with Gasteiger partial charge in [0.2, 0.25) is 5.91 Å². The summed E-state index contributed by atoms with van der Waals surface area (Å²) in [6, 6.07) is 15.7. The quantitative estimate of drug-likeness (QED) is 0.797. The normalized spacial score (nSPS) is 16.8. The van der Waals surface area contributed by atoms with Crippen molar-refractivity contribution in [2.75, 3.05) is 6.61 Å². The monoisotopic (exact) mass is 333 g/mol. The lowest BCUT2D eigenvalue weighted by Gasteiger charge is -2.18. The molecule has 0 unspecified atom stereocenters. The van der Waals surface area contributed by atoms with Crippen LogP contribution in [0.15, 0.2) is 67.3 Å². The van der Waals surface area contributed by atoms with Crippen molar-refractivity contribution < 1.29 is 9.53 Å². The molecule has 1 aromatic heterocycles. The van der Waals surface area contributed by atoms with E-state index in [-0.39, 0.29) is 17.9 Å². The molecule has 0 saturated carbocycles. The van der Waals surface area contributed by atoms with E-state index in [2.05, 4.69) is 16.4 Å². The van der Waals surface area contributed by atoms with Crippen molar-refractivity contribution in [3.63, 3.8) is 0 Å². The number of hydrogen-bond donors (Lipinski definition) is 1. The number of fused-ring (bicyclic) bond motifs is 1. The maximum absolute atomic E-state index is 12.7. The van der Waals surface area contributed by atoms with Crippen molar-refractivity contribution in [3.05, 3.63) is 78.4 Å². The van der Waals surface area contributed by atoms with Crippen LogP contribution in [0, 0.1) is 0 Å². The summed E-state index contributed by atoms with van der Waals surface area (Å²) in [5.74, 6) is 0.540. The van der Waals surface area contributed by atoms with Gasteiger partial charge in [-0.15, -0.1) is 0 Å². The average molecular weight is 333 g/mol. The average Bonchev–Trinajstić information content (AvgIpc) is 3.31. The Morgan fingerprint density at radius 1 is 1.28 bits per heavy atom. The van der Waals surface area contributed by atoms with Gasteiger partial charge in [-0.25, -0.2) is 4.98 Å². The maximum Gasteiger partial charge on any atom is 0.231 e. The topological polar surface area (TPSA) is 56.1 Å². The number of aromatic nitrogens is 2. The molecule has 0 aliphatic carbocycles. The lowest BCUT2D eigenvalue weighted by molar-refractivity contribution is -0.123. The van der Waals surface area contributed by atoms with Crippen LogP contribution in [0.4, 0.5) is 0 Å². The first kappa shape index (κ1) is 15.4. The molecule has 0 fully saturated rings. The van der Waals surface area contributed by atoms with E-state index in [1.54, 1.807) is 12.5 Å². The van der Waals surface area contributed by atoms with E-state index in [9.17, 15) is 4.79 Å². The number of para-hydroxylation sites is 1. The Bertz CT molecular complexity index is 889. The highest BCUT2D eigenvalue weighted by Crippen LogP contribution is 2.34. The Balaban J connectivity index is 1.50. The zero-order valence-electron chi connectivity index (χ0n) is 13.9. The molecule has 1 aliphatic heterocycles. The Morgan fingerprint density at radius 3 is 3.00 bits per heavy atom. The lowest BCUT2D eigenvalue weighted by atomic mass is 9.99. The zero-order valence-corrected chi connectivity index (χ0v) is 13.9. The van der Waals surface area contributed by atoms with Gasteiger partial charge < -0.3 is 14.6 Å². The molecule has 2 aromatic carbocycles. The SMILES string of the molecule is C[C@@H](NC(=O)[C@H]1COc2ccccc21)c1cccc(-n2ccnc2)c1. The highest BCUT2D eigenvalue weighted by Gasteiger charge is 2.30. The van der Waals surface area contributed by atoms with Gasteiger partial charge in [0.1, 0.15) is 18.3 Å². The summed E-state index contributed by atoms with van der Waals surface area (Å²) >= 11 is 0. The van der Waals surface area contributed by atoms with Gasteiger partial charge in [0, 0.05) is 23.6 Å². The molecular weight excluding hydrogens is 314 g/mol. The molecule has 0 radical (unpaired) electrons. The minimum Gasteiger partial charge on any atom is -0.492 e. The number of amides is 1. The molecular formula is C20H19N3O2. The molecule has 25 heavy (non-hydrogen) atoms. The fraction of sp³-hybridized carbons (Fsp3) is 0.200. The van der Waals surface area contributed by atoms with Gasteiger partial charge in [0.25, 0.3) is 0 Å². The molecule has 1 amide bonds. The lowest BCUT2D eigenvalue weighted by Crippen LogP contribution is -2.32. The van der Waals surface area contributed by atoms with Gasteiger partial charge in [0.05, 0.1) is 12.4 Å². The molecule has 5 heteroatoms.